The van der Waals surface area contributed by atoms with Crippen molar-refractivity contribution < 1.29 is 9.53 Å². The molecule has 36 heavy (non-hydrogen) atoms. The largest absolute Gasteiger partial charge is 0.437 e. The summed E-state index contributed by atoms with van der Waals surface area (Å²) in [7, 11) is 0. The summed E-state index contributed by atoms with van der Waals surface area (Å²) >= 11 is 0. The predicted molar refractivity (Wildman–Crippen MR) is 142 cm³/mol. The van der Waals surface area contributed by atoms with Crippen LogP contribution in [0.1, 0.15) is 31.7 Å². The second-order valence-corrected chi connectivity index (χ2v) is 8.93. The van der Waals surface area contributed by atoms with Gasteiger partial charge in [-0.25, -0.2) is 15.0 Å². The number of fused-ring (bicyclic) bond motifs is 1. The molecule has 1 saturated heterocycles. The Kier molecular flexibility index (Phi) is 7.04. The second kappa shape index (κ2) is 10.7. The Morgan fingerprint density at radius 2 is 2.00 bits per heavy atom. The van der Waals surface area contributed by atoms with E-state index in [1.165, 1.54) is 0 Å². The molecule has 1 unspecified atom stereocenters. The maximum absolute atomic E-state index is 12.0. The zero-order valence-corrected chi connectivity index (χ0v) is 20.5. The van der Waals surface area contributed by atoms with Crippen molar-refractivity contribution in [2.45, 2.75) is 39.2 Å². The Morgan fingerprint density at radius 1 is 1.08 bits per heavy atom. The maximum atomic E-state index is 12.0. The molecule has 3 heterocycles. The minimum Gasteiger partial charge on any atom is -0.437 e. The van der Waals surface area contributed by atoms with Gasteiger partial charge >= 0.3 is 0 Å². The number of piperidine rings is 1. The van der Waals surface area contributed by atoms with Gasteiger partial charge in [0.05, 0.1) is 11.3 Å². The maximum Gasteiger partial charge on any atom is 0.228 e. The molecule has 5 rings (SSSR count). The van der Waals surface area contributed by atoms with Crippen LogP contribution in [0.25, 0.3) is 22.0 Å². The van der Waals surface area contributed by atoms with Crippen molar-refractivity contribution in [3.63, 3.8) is 0 Å². The van der Waals surface area contributed by atoms with E-state index >= 15 is 0 Å². The van der Waals surface area contributed by atoms with E-state index in [1.807, 2.05) is 62.4 Å². The van der Waals surface area contributed by atoms with Gasteiger partial charge in [-0.2, -0.15) is 0 Å². The van der Waals surface area contributed by atoms with Gasteiger partial charge in [0.1, 0.15) is 5.75 Å². The van der Waals surface area contributed by atoms with Crippen LogP contribution in [0.5, 0.6) is 11.6 Å². The zero-order chi connectivity index (χ0) is 24.9. The summed E-state index contributed by atoms with van der Waals surface area (Å²) < 4.78 is 6.47. The molecule has 1 aliphatic rings. The summed E-state index contributed by atoms with van der Waals surface area (Å²) in [4.78, 5) is 25.8. The minimum absolute atomic E-state index is 0.0326. The van der Waals surface area contributed by atoms with Crippen molar-refractivity contribution in [2.24, 2.45) is 0 Å². The number of aromatic nitrogens is 3. The molecule has 1 amide bonds. The Morgan fingerprint density at radius 3 is 2.83 bits per heavy atom. The smallest absolute Gasteiger partial charge is 0.228 e. The van der Waals surface area contributed by atoms with Crippen LogP contribution >= 0.6 is 0 Å². The Labute approximate surface area is 210 Å². The van der Waals surface area contributed by atoms with Crippen LogP contribution in [0.4, 0.5) is 11.6 Å². The Bertz CT molecular complexity index is 1380. The number of benzene rings is 2. The van der Waals surface area contributed by atoms with Crippen LogP contribution < -0.4 is 20.7 Å². The number of amides is 1. The average Bonchev–Trinajstić information content (AvgIpc) is 2.91. The van der Waals surface area contributed by atoms with Crippen LogP contribution in [0.2, 0.25) is 0 Å². The van der Waals surface area contributed by atoms with E-state index in [9.17, 15) is 4.79 Å². The lowest BCUT2D eigenvalue weighted by atomic mass is 10.0. The molecule has 4 aromatic rings. The number of carbonyl (C=O) groups is 1. The van der Waals surface area contributed by atoms with Crippen LogP contribution in [0.3, 0.4) is 0 Å². The molecule has 0 radical (unpaired) electrons. The monoisotopic (exact) mass is 482 g/mol. The van der Waals surface area contributed by atoms with E-state index in [2.05, 4.69) is 25.9 Å². The Balaban J connectivity index is 1.49. The molecular weight excluding hydrogens is 452 g/mol. The lowest BCUT2D eigenvalue weighted by Gasteiger charge is -2.23. The third-order valence-electron chi connectivity index (χ3n) is 6.34. The summed E-state index contributed by atoms with van der Waals surface area (Å²) in [5.41, 5.74) is 3.23. The fraction of sp³-hybridized carbons (Fsp3) is 0.286. The highest BCUT2D eigenvalue weighted by molar-refractivity contribution is 6.04. The molecule has 2 aromatic heterocycles. The van der Waals surface area contributed by atoms with E-state index in [4.69, 9.17) is 9.72 Å². The highest BCUT2D eigenvalue weighted by Crippen LogP contribution is 2.38. The fourth-order valence-corrected chi connectivity index (χ4v) is 4.42. The number of ether oxygens (including phenoxy) is 1. The highest BCUT2D eigenvalue weighted by atomic mass is 16.5. The van der Waals surface area contributed by atoms with Crippen molar-refractivity contribution >= 4 is 28.3 Å². The molecule has 184 valence electrons. The van der Waals surface area contributed by atoms with Gasteiger partial charge in [0.25, 0.3) is 0 Å². The number of pyridine rings is 1. The summed E-state index contributed by atoms with van der Waals surface area (Å²) in [6.07, 6.45) is 6.09. The molecule has 2 aromatic carbocycles. The first-order chi connectivity index (χ1) is 17.6. The van der Waals surface area contributed by atoms with Crippen LogP contribution in [-0.4, -0.2) is 40.0 Å². The standard InChI is InChI=1S/C28H30N6O2/c1-3-25(35)33-23-10-4-8-21-20(23)12-11-18(2)26(21)36-27-22(9-6-15-30-27)24-13-16-31-28(34-24)32-19-7-5-14-29-17-19/h4,6,8-13,15-16,19,29H,3,5,7,14,17H2,1-2H3,(H,33,35)(H,31,32,34). The first-order valence-electron chi connectivity index (χ1n) is 12.4. The first-order valence-corrected chi connectivity index (χ1v) is 12.4. The highest BCUT2D eigenvalue weighted by Gasteiger charge is 2.17. The summed E-state index contributed by atoms with van der Waals surface area (Å²) in [5.74, 6) is 1.71. The third kappa shape index (κ3) is 5.13. The van der Waals surface area contributed by atoms with E-state index in [0.29, 0.717) is 30.0 Å². The van der Waals surface area contributed by atoms with Crippen LogP contribution in [-0.2, 0) is 4.79 Å². The van der Waals surface area contributed by atoms with Crippen molar-refractivity contribution in [3.05, 3.63) is 66.5 Å². The number of rotatable bonds is 7. The molecule has 8 nitrogen and oxygen atoms in total. The van der Waals surface area contributed by atoms with Crippen molar-refractivity contribution in [3.8, 4) is 22.9 Å². The van der Waals surface area contributed by atoms with E-state index in [-0.39, 0.29) is 5.91 Å². The van der Waals surface area contributed by atoms with Crippen molar-refractivity contribution in [2.75, 3.05) is 23.7 Å². The lowest BCUT2D eigenvalue weighted by molar-refractivity contribution is -0.115. The number of nitrogens with zero attached hydrogens (tertiary/aromatic N) is 3. The quantitative estimate of drug-likeness (QED) is 0.328. The normalized spacial score (nSPS) is 15.4. The molecule has 1 atom stereocenters. The van der Waals surface area contributed by atoms with Gasteiger partial charge in [-0.1, -0.05) is 31.2 Å². The van der Waals surface area contributed by atoms with Crippen molar-refractivity contribution in [1.29, 1.82) is 0 Å². The van der Waals surface area contributed by atoms with Gasteiger partial charge in [0.2, 0.25) is 17.7 Å². The number of aryl methyl sites for hydroxylation is 1. The molecular formula is C28H30N6O2. The molecule has 0 saturated carbocycles. The van der Waals surface area contributed by atoms with Crippen LogP contribution in [0.15, 0.2) is 60.9 Å². The molecule has 1 fully saturated rings. The predicted octanol–water partition coefficient (Wildman–Crippen LogP) is 5.30. The minimum atomic E-state index is -0.0326. The lowest BCUT2D eigenvalue weighted by Crippen LogP contribution is -2.38. The van der Waals surface area contributed by atoms with Gasteiger partial charge in [-0.05, 0) is 56.1 Å². The van der Waals surface area contributed by atoms with E-state index < -0.39 is 0 Å². The van der Waals surface area contributed by atoms with Gasteiger partial charge in [0, 0.05) is 47.9 Å². The molecule has 1 aliphatic heterocycles. The van der Waals surface area contributed by atoms with E-state index in [1.54, 1.807) is 12.4 Å². The second-order valence-electron chi connectivity index (χ2n) is 8.93. The van der Waals surface area contributed by atoms with Gasteiger partial charge in [0.15, 0.2) is 0 Å². The van der Waals surface area contributed by atoms with Gasteiger partial charge in [-0.15, -0.1) is 0 Å². The summed E-state index contributed by atoms with van der Waals surface area (Å²) in [5, 5.41) is 11.6. The molecule has 0 spiro atoms. The SMILES string of the molecule is CCC(=O)Nc1cccc2c(Oc3ncccc3-c3ccnc(NC4CCCNC4)n3)c(C)ccc12. The number of hydrogen-bond acceptors (Lipinski definition) is 7. The third-order valence-corrected chi connectivity index (χ3v) is 6.34. The van der Waals surface area contributed by atoms with Crippen LogP contribution in [0, 0.1) is 6.92 Å². The number of hydrogen-bond donors (Lipinski definition) is 3. The van der Waals surface area contributed by atoms with Crippen molar-refractivity contribution in [1.82, 2.24) is 20.3 Å². The fourth-order valence-electron chi connectivity index (χ4n) is 4.42. The van der Waals surface area contributed by atoms with Gasteiger partial charge < -0.3 is 20.7 Å². The number of carbonyl (C=O) groups excluding carboxylic acids is 1. The molecule has 3 N–H and O–H groups in total. The molecule has 0 aliphatic carbocycles. The first kappa shape index (κ1) is 23.7. The molecule has 0 bridgehead atoms. The molecule has 8 heteroatoms. The Hall–Kier alpha value is -4.04. The van der Waals surface area contributed by atoms with E-state index in [0.717, 1.165) is 59.2 Å². The average molecular weight is 483 g/mol. The number of anilines is 2. The number of nitrogens with one attached hydrogen (secondary N) is 3. The zero-order valence-electron chi connectivity index (χ0n) is 20.5. The summed E-state index contributed by atoms with van der Waals surface area (Å²) in [6, 6.07) is 15.8. The topological polar surface area (TPSA) is 101 Å². The summed E-state index contributed by atoms with van der Waals surface area (Å²) in [6.45, 7) is 5.78. The van der Waals surface area contributed by atoms with Gasteiger partial charge in [-0.3, -0.25) is 4.79 Å².